The van der Waals surface area contributed by atoms with E-state index in [0.717, 1.165) is 15.7 Å². The Hall–Kier alpha value is -3.45. The van der Waals surface area contributed by atoms with Crippen molar-refractivity contribution in [2.24, 2.45) is 0 Å². The van der Waals surface area contributed by atoms with Gasteiger partial charge < -0.3 is 14.5 Å². The third kappa shape index (κ3) is 5.57. The van der Waals surface area contributed by atoms with Crippen LogP contribution in [0.1, 0.15) is 0 Å². The van der Waals surface area contributed by atoms with Gasteiger partial charge >= 0.3 is 0 Å². The molecule has 1 amide bonds. The lowest BCUT2D eigenvalue weighted by atomic mass is 10.1. The number of rotatable bonds is 7. The van der Waals surface area contributed by atoms with Crippen LogP contribution < -0.4 is 9.64 Å². The number of piperazine rings is 2. The molecule has 0 aliphatic carbocycles. The van der Waals surface area contributed by atoms with E-state index in [9.17, 15) is 21.6 Å². The fourth-order valence-electron chi connectivity index (χ4n) is 5.11. The molecule has 0 N–H and O–H groups in total. The molecule has 3 aromatic carbocycles. The molecule has 2 saturated heterocycles. The summed E-state index contributed by atoms with van der Waals surface area (Å²) in [6.45, 7) is 1.42. The van der Waals surface area contributed by atoms with Crippen LogP contribution in [0.5, 0.6) is 5.75 Å². The SMILES string of the molecule is COc1ccc(N2CCN(C(=O)C3CN(S(=O)(=O)c4ccccc4)CCN3S(=O)(=O)c3ccccc3)CC2)cc1. The molecule has 3 aromatic rings. The van der Waals surface area contributed by atoms with Crippen molar-refractivity contribution in [2.45, 2.75) is 15.8 Å². The lowest BCUT2D eigenvalue weighted by Gasteiger charge is -2.43. The quantitative estimate of drug-likeness (QED) is 0.419. The number of benzene rings is 3. The summed E-state index contributed by atoms with van der Waals surface area (Å²) in [4.78, 5) is 17.9. The van der Waals surface area contributed by atoms with Crippen LogP contribution in [0.2, 0.25) is 0 Å². The van der Waals surface area contributed by atoms with Crippen LogP contribution in [-0.4, -0.2) is 95.2 Å². The number of carbonyl (C=O) groups is 1. The van der Waals surface area contributed by atoms with Gasteiger partial charge in [-0.1, -0.05) is 36.4 Å². The zero-order valence-corrected chi connectivity index (χ0v) is 23.8. The van der Waals surface area contributed by atoms with Crippen molar-refractivity contribution in [3.05, 3.63) is 84.9 Å². The number of nitrogens with zero attached hydrogens (tertiary/aromatic N) is 4. The smallest absolute Gasteiger partial charge is 0.243 e. The van der Waals surface area contributed by atoms with E-state index in [1.54, 1.807) is 48.4 Å². The van der Waals surface area contributed by atoms with Gasteiger partial charge in [0.25, 0.3) is 0 Å². The molecule has 40 heavy (non-hydrogen) atoms. The molecule has 0 bridgehead atoms. The number of methoxy groups -OCH3 is 1. The number of amides is 1. The summed E-state index contributed by atoms with van der Waals surface area (Å²) >= 11 is 0. The fourth-order valence-corrected chi connectivity index (χ4v) is 8.15. The Morgan fingerprint density at radius 2 is 1.25 bits per heavy atom. The van der Waals surface area contributed by atoms with E-state index in [2.05, 4.69) is 4.90 Å². The van der Waals surface area contributed by atoms with Crippen molar-refractivity contribution in [3.63, 3.8) is 0 Å². The maximum absolute atomic E-state index is 13.9. The Morgan fingerprint density at radius 1 is 0.700 bits per heavy atom. The highest BCUT2D eigenvalue weighted by Gasteiger charge is 2.45. The molecule has 10 nitrogen and oxygen atoms in total. The first-order valence-corrected chi connectivity index (χ1v) is 15.9. The first-order chi connectivity index (χ1) is 19.2. The molecular formula is C28H32N4O6S2. The lowest BCUT2D eigenvalue weighted by molar-refractivity contribution is -0.136. The Labute approximate surface area is 235 Å². The van der Waals surface area contributed by atoms with Crippen LogP contribution in [0.3, 0.4) is 0 Å². The average molecular weight is 585 g/mol. The summed E-state index contributed by atoms with van der Waals surface area (Å²) in [6.07, 6.45) is 0. The Morgan fingerprint density at radius 3 is 1.80 bits per heavy atom. The van der Waals surface area contributed by atoms with Crippen LogP contribution in [0.15, 0.2) is 94.7 Å². The summed E-state index contributed by atoms with van der Waals surface area (Å²) in [5.74, 6) is 0.353. The minimum atomic E-state index is -4.05. The zero-order valence-electron chi connectivity index (χ0n) is 22.2. The summed E-state index contributed by atoms with van der Waals surface area (Å²) in [7, 11) is -6.36. The summed E-state index contributed by atoms with van der Waals surface area (Å²) in [5.41, 5.74) is 0.999. The van der Waals surface area contributed by atoms with E-state index in [1.165, 1.54) is 28.6 Å². The molecule has 12 heteroatoms. The Kier molecular flexibility index (Phi) is 8.13. The number of hydrogen-bond acceptors (Lipinski definition) is 7. The summed E-state index contributed by atoms with van der Waals surface area (Å²) < 4.78 is 61.8. The molecule has 5 rings (SSSR count). The standard InChI is InChI=1S/C28H32N4O6S2/c1-38-24-14-12-23(13-15-24)29-16-18-30(19-17-29)28(33)27-22-31(39(34,35)25-8-4-2-5-9-25)20-21-32(27)40(36,37)26-10-6-3-7-11-26/h2-15,27H,16-22H2,1H3. The number of carbonyl (C=O) groups excluding carboxylic acids is 1. The highest BCUT2D eigenvalue weighted by atomic mass is 32.2. The van der Waals surface area contributed by atoms with Crippen LogP contribution in [0, 0.1) is 0 Å². The van der Waals surface area contributed by atoms with Crippen molar-refractivity contribution < 1.29 is 26.4 Å². The monoisotopic (exact) mass is 584 g/mol. The summed E-state index contributed by atoms with van der Waals surface area (Å²) in [6, 6.07) is 22.4. The zero-order chi connectivity index (χ0) is 28.3. The van der Waals surface area contributed by atoms with Gasteiger partial charge in [0, 0.05) is 51.5 Å². The molecule has 0 saturated carbocycles. The third-order valence-corrected chi connectivity index (χ3v) is 11.1. The fraction of sp³-hybridized carbons (Fsp3) is 0.321. The van der Waals surface area contributed by atoms with Crippen molar-refractivity contribution >= 4 is 31.6 Å². The van der Waals surface area contributed by atoms with Gasteiger partial charge in [0.15, 0.2) is 0 Å². The van der Waals surface area contributed by atoms with E-state index >= 15 is 0 Å². The van der Waals surface area contributed by atoms with Gasteiger partial charge in [-0.25, -0.2) is 16.8 Å². The van der Waals surface area contributed by atoms with Crippen LogP contribution in [-0.2, 0) is 24.8 Å². The highest BCUT2D eigenvalue weighted by Crippen LogP contribution is 2.27. The van der Waals surface area contributed by atoms with Gasteiger partial charge in [-0.3, -0.25) is 4.79 Å². The first-order valence-electron chi connectivity index (χ1n) is 13.0. The van der Waals surface area contributed by atoms with E-state index < -0.39 is 32.0 Å². The first kappa shape index (κ1) is 28.1. The second-order valence-corrected chi connectivity index (χ2v) is 13.5. The van der Waals surface area contributed by atoms with Gasteiger partial charge in [0.05, 0.1) is 16.9 Å². The Bertz CT molecular complexity index is 1530. The van der Waals surface area contributed by atoms with Crippen LogP contribution in [0.4, 0.5) is 5.69 Å². The van der Waals surface area contributed by atoms with Gasteiger partial charge in [0.1, 0.15) is 11.8 Å². The third-order valence-electron chi connectivity index (χ3n) is 7.34. The normalized spacial score (nSPS) is 19.4. The largest absolute Gasteiger partial charge is 0.497 e. The topological polar surface area (TPSA) is 108 Å². The number of ether oxygens (including phenoxy) is 1. The predicted molar refractivity (Wildman–Crippen MR) is 151 cm³/mol. The molecule has 0 spiro atoms. The number of hydrogen-bond donors (Lipinski definition) is 0. The number of anilines is 1. The highest BCUT2D eigenvalue weighted by molar-refractivity contribution is 7.89. The van der Waals surface area contributed by atoms with Crippen molar-refractivity contribution in [3.8, 4) is 5.75 Å². The lowest BCUT2D eigenvalue weighted by Crippen LogP contribution is -2.63. The van der Waals surface area contributed by atoms with E-state index in [4.69, 9.17) is 4.74 Å². The molecule has 2 aliphatic rings. The molecule has 1 unspecified atom stereocenters. The van der Waals surface area contributed by atoms with Crippen LogP contribution in [0.25, 0.3) is 0 Å². The second-order valence-electron chi connectivity index (χ2n) is 9.63. The maximum atomic E-state index is 13.9. The van der Waals surface area contributed by atoms with Gasteiger partial charge in [0.2, 0.25) is 26.0 Å². The minimum absolute atomic E-state index is 0.0572. The molecule has 2 heterocycles. The van der Waals surface area contributed by atoms with Gasteiger partial charge in [-0.05, 0) is 48.5 Å². The molecular weight excluding hydrogens is 552 g/mol. The molecule has 212 valence electrons. The van der Waals surface area contributed by atoms with E-state index in [0.29, 0.717) is 26.2 Å². The molecule has 0 radical (unpaired) electrons. The molecule has 2 aliphatic heterocycles. The Balaban J connectivity index is 1.39. The maximum Gasteiger partial charge on any atom is 0.243 e. The van der Waals surface area contributed by atoms with Gasteiger partial charge in [-0.2, -0.15) is 8.61 Å². The average Bonchev–Trinajstić information content (AvgIpc) is 3.01. The van der Waals surface area contributed by atoms with E-state index in [-0.39, 0.29) is 29.4 Å². The van der Waals surface area contributed by atoms with Crippen LogP contribution >= 0.6 is 0 Å². The molecule has 1 atom stereocenters. The second kappa shape index (κ2) is 11.6. The molecule has 2 fully saturated rings. The molecule has 0 aromatic heterocycles. The predicted octanol–water partition coefficient (Wildman–Crippen LogP) is 2.11. The van der Waals surface area contributed by atoms with Crippen molar-refractivity contribution in [2.75, 3.05) is 57.8 Å². The van der Waals surface area contributed by atoms with E-state index in [1.807, 2.05) is 24.3 Å². The minimum Gasteiger partial charge on any atom is -0.497 e. The van der Waals surface area contributed by atoms with Crippen molar-refractivity contribution in [1.29, 1.82) is 0 Å². The number of sulfonamides is 2. The van der Waals surface area contributed by atoms with Gasteiger partial charge in [-0.15, -0.1) is 0 Å². The van der Waals surface area contributed by atoms with Crippen molar-refractivity contribution in [1.82, 2.24) is 13.5 Å². The summed E-state index contributed by atoms with van der Waals surface area (Å²) in [5, 5.41) is 0.